The third-order valence-electron chi connectivity index (χ3n) is 4.73. The van der Waals surface area contributed by atoms with Crippen molar-refractivity contribution >= 4 is 5.91 Å². The molecule has 1 aromatic rings. The number of hydrogen-bond donors (Lipinski definition) is 2. The maximum atomic E-state index is 12.3. The number of likely N-dealkylation sites (tertiary alicyclic amines) is 1. The van der Waals surface area contributed by atoms with Crippen molar-refractivity contribution in [2.24, 2.45) is 5.92 Å². The lowest BCUT2D eigenvalue weighted by Crippen LogP contribution is -2.43. The molecule has 3 unspecified atom stereocenters. The minimum absolute atomic E-state index is 0.146. The second-order valence-electron chi connectivity index (χ2n) is 6.35. The molecule has 0 bridgehead atoms. The average Bonchev–Trinajstić information content (AvgIpc) is 3.09. The molecule has 2 N–H and O–H groups in total. The molecule has 3 atom stereocenters. The van der Waals surface area contributed by atoms with E-state index in [0.29, 0.717) is 12.1 Å². The van der Waals surface area contributed by atoms with Gasteiger partial charge in [-0.2, -0.15) is 0 Å². The Morgan fingerprint density at radius 3 is 2.86 bits per heavy atom. The van der Waals surface area contributed by atoms with Crippen molar-refractivity contribution in [2.75, 3.05) is 19.6 Å². The summed E-state index contributed by atoms with van der Waals surface area (Å²) in [5.74, 6) is 0.382. The molecule has 1 aromatic carbocycles. The van der Waals surface area contributed by atoms with Gasteiger partial charge >= 0.3 is 0 Å². The van der Waals surface area contributed by atoms with Gasteiger partial charge in [-0.3, -0.25) is 9.69 Å². The Morgan fingerprint density at radius 1 is 1.33 bits per heavy atom. The van der Waals surface area contributed by atoms with Crippen LogP contribution in [0.4, 0.5) is 0 Å². The number of amides is 1. The standard InChI is InChI=1S/C17H25N3O/c1-13-16(7-9-18-13)17(21)19-15-8-10-20(12-15)11-14-5-3-2-4-6-14/h2-6,13,15-16,18H,7-12H2,1H3,(H,19,21). The molecule has 2 heterocycles. The van der Waals surface area contributed by atoms with Crippen molar-refractivity contribution < 1.29 is 4.79 Å². The fraction of sp³-hybridized carbons (Fsp3) is 0.588. The second kappa shape index (κ2) is 6.58. The van der Waals surface area contributed by atoms with Crippen LogP contribution < -0.4 is 10.6 Å². The first kappa shape index (κ1) is 14.5. The molecule has 1 amide bonds. The summed E-state index contributed by atoms with van der Waals surface area (Å²) in [7, 11) is 0. The topological polar surface area (TPSA) is 44.4 Å². The maximum absolute atomic E-state index is 12.3. The van der Waals surface area contributed by atoms with E-state index < -0.39 is 0 Å². The summed E-state index contributed by atoms with van der Waals surface area (Å²) in [6, 6.07) is 11.2. The van der Waals surface area contributed by atoms with E-state index in [0.717, 1.165) is 39.0 Å². The minimum Gasteiger partial charge on any atom is -0.352 e. The van der Waals surface area contributed by atoms with Crippen LogP contribution in [0.3, 0.4) is 0 Å². The number of carbonyl (C=O) groups is 1. The predicted molar refractivity (Wildman–Crippen MR) is 83.8 cm³/mol. The fourth-order valence-corrected chi connectivity index (χ4v) is 3.46. The van der Waals surface area contributed by atoms with Gasteiger partial charge in [0.2, 0.25) is 5.91 Å². The van der Waals surface area contributed by atoms with Crippen molar-refractivity contribution in [1.29, 1.82) is 0 Å². The molecule has 4 heteroatoms. The van der Waals surface area contributed by atoms with Crippen LogP contribution in [0.1, 0.15) is 25.3 Å². The van der Waals surface area contributed by atoms with Gasteiger partial charge in [0.1, 0.15) is 0 Å². The van der Waals surface area contributed by atoms with Crippen LogP contribution in [-0.2, 0) is 11.3 Å². The van der Waals surface area contributed by atoms with Crippen molar-refractivity contribution in [2.45, 2.75) is 38.4 Å². The SMILES string of the molecule is CC1NCCC1C(=O)NC1CCN(Cc2ccccc2)C1. The van der Waals surface area contributed by atoms with Crippen molar-refractivity contribution in [3.63, 3.8) is 0 Å². The quantitative estimate of drug-likeness (QED) is 0.879. The van der Waals surface area contributed by atoms with E-state index in [9.17, 15) is 4.79 Å². The van der Waals surface area contributed by atoms with Gasteiger partial charge in [0, 0.05) is 31.7 Å². The zero-order chi connectivity index (χ0) is 14.7. The summed E-state index contributed by atoms with van der Waals surface area (Å²) in [5.41, 5.74) is 1.35. The number of carbonyl (C=O) groups excluding carboxylic acids is 1. The maximum Gasteiger partial charge on any atom is 0.224 e. The van der Waals surface area contributed by atoms with E-state index in [1.807, 2.05) is 6.07 Å². The smallest absolute Gasteiger partial charge is 0.224 e. The molecule has 114 valence electrons. The Kier molecular flexibility index (Phi) is 4.56. The first-order chi connectivity index (χ1) is 10.2. The first-order valence-electron chi connectivity index (χ1n) is 8.02. The summed E-state index contributed by atoms with van der Waals surface area (Å²) >= 11 is 0. The van der Waals surface area contributed by atoms with E-state index in [-0.39, 0.29) is 11.8 Å². The van der Waals surface area contributed by atoms with Gasteiger partial charge in [-0.25, -0.2) is 0 Å². The summed E-state index contributed by atoms with van der Waals surface area (Å²) in [6.07, 6.45) is 2.03. The highest BCUT2D eigenvalue weighted by Crippen LogP contribution is 2.18. The number of benzene rings is 1. The van der Waals surface area contributed by atoms with E-state index in [1.54, 1.807) is 0 Å². The highest BCUT2D eigenvalue weighted by Gasteiger charge is 2.32. The first-order valence-corrected chi connectivity index (χ1v) is 8.02. The molecule has 2 aliphatic heterocycles. The molecule has 0 radical (unpaired) electrons. The molecule has 0 aromatic heterocycles. The lowest BCUT2D eigenvalue weighted by atomic mass is 10.0. The van der Waals surface area contributed by atoms with Gasteiger partial charge in [0.05, 0.1) is 5.92 Å². The van der Waals surface area contributed by atoms with E-state index in [2.05, 4.69) is 46.7 Å². The molecule has 2 saturated heterocycles. The van der Waals surface area contributed by atoms with Gasteiger partial charge < -0.3 is 10.6 Å². The minimum atomic E-state index is 0.146. The highest BCUT2D eigenvalue weighted by molar-refractivity contribution is 5.80. The Balaban J connectivity index is 1.47. The molecule has 0 aliphatic carbocycles. The van der Waals surface area contributed by atoms with E-state index in [1.165, 1.54) is 5.56 Å². The molecule has 2 aliphatic rings. The van der Waals surface area contributed by atoms with Gasteiger partial charge in [-0.1, -0.05) is 30.3 Å². The molecule has 3 rings (SSSR count). The number of hydrogen-bond acceptors (Lipinski definition) is 3. The van der Waals surface area contributed by atoms with Crippen LogP contribution in [0.15, 0.2) is 30.3 Å². The summed E-state index contributed by atoms with van der Waals surface area (Å²) < 4.78 is 0. The Morgan fingerprint density at radius 2 is 2.14 bits per heavy atom. The Bertz CT molecular complexity index is 476. The Hall–Kier alpha value is -1.39. The lowest BCUT2D eigenvalue weighted by molar-refractivity contribution is -0.125. The van der Waals surface area contributed by atoms with E-state index in [4.69, 9.17) is 0 Å². The van der Waals surface area contributed by atoms with Crippen LogP contribution in [0.25, 0.3) is 0 Å². The normalized spacial score (nSPS) is 29.7. The summed E-state index contributed by atoms with van der Waals surface area (Å²) in [6.45, 7) is 6.08. The predicted octanol–water partition coefficient (Wildman–Crippen LogP) is 1.38. The number of nitrogens with one attached hydrogen (secondary N) is 2. The van der Waals surface area contributed by atoms with Crippen LogP contribution in [-0.4, -0.2) is 42.5 Å². The molecule has 0 saturated carbocycles. The van der Waals surface area contributed by atoms with Crippen molar-refractivity contribution in [1.82, 2.24) is 15.5 Å². The highest BCUT2D eigenvalue weighted by atomic mass is 16.2. The average molecular weight is 287 g/mol. The van der Waals surface area contributed by atoms with E-state index >= 15 is 0 Å². The zero-order valence-electron chi connectivity index (χ0n) is 12.7. The molecular formula is C17H25N3O. The van der Waals surface area contributed by atoms with Gasteiger partial charge in [0.15, 0.2) is 0 Å². The van der Waals surface area contributed by atoms with Crippen molar-refractivity contribution in [3.8, 4) is 0 Å². The summed E-state index contributed by atoms with van der Waals surface area (Å²) in [4.78, 5) is 14.7. The van der Waals surface area contributed by atoms with Crippen LogP contribution in [0.5, 0.6) is 0 Å². The summed E-state index contributed by atoms with van der Waals surface area (Å²) in [5, 5.41) is 6.59. The molecule has 4 nitrogen and oxygen atoms in total. The number of rotatable bonds is 4. The van der Waals surface area contributed by atoms with Gasteiger partial charge in [-0.05, 0) is 31.9 Å². The van der Waals surface area contributed by atoms with Crippen LogP contribution in [0.2, 0.25) is 0 Å². The second-order valence-corrected chi connectivity index (χ2v) is 6.35. The molecule has 21 heavy (non-hydrogen) atoms. The largest absolute Gasteiger partial charge is 0.352 e. The zero-order valence-corrected chi connectivity index (χ0v) is 12.7. The lowest BCUT2D eigenvalue weighted by Gasteiger charge is -2.20. The molecule has 0 spiro atoms. The third-order valence-corrected chi connectivity index (χ3v) is 4.73. The van der Waals surface area contributed by atoms with Crippen LogP contribution >= 0.6 is 0 Å². The van der Waals surface area contributed by atoms with Crippen molar-refractivity contribution in [3.05, 3.63) is 35.9 Å². The van der Waals surface area contributed by atoms with Crippen LogP contribution in [0, 0.1) is 5.92 Å². The third kappa shape index (κ3) is 3.63. The fourth-order valence-electron chi connectivity index (χ4n) is 3.46. The molecule has 2 fully saturated rings. The monoisotopic (exact) mass is 287 g/mol. The molecular weight excluding hydrogens is 262 g/mol. The number of nitrogens with zero attached hydrogens (tertiary/aromatic N) is 1. The Labute approximate surface area is 126 Å². The van der Waals surface area contributed by atoms with Gasteiger partial charge in [0.25, 0.3) is 0 Å². The van der Waals surface area contributed by atoms with Gasteiger partial charge in [-0.15, -0.1) is 0 Å².